The van der Waals surface area contributed by atoms with Crippen molar-refractivity contribution < 1.29 is 0 Å². The highest BCUT2D eigenvalue weighted by Crippen LogP contribution is 2.46. The predicted octanol–water partition coefficient (Wildman–Crippen LogP) is 11.1. The van der Waals surface area contributed by atoms with Crippen LogP contribution in [0.3, 0.4) is 0 Å². The van der Waals surface area contributed by atoms with E-state index in [1.54, 1.807) is 0 Å². The molecule has 0 atom stereocenters. The number of benzene rings is 8. The Labute approximate surface area is 237 Å². The molecule has 9 aromatic rings. The van der Waals surface area contributed by atoms with Crippen LogP contribution in [0.2, 0.25) is 0 Å². The van der Waals surface area contributed by atoms with E-state index in [9.17, 15) is 0 Å². The average Bonchev–Trinajstić information content (AvgIpc) is 3.38. The minimum Gasteiger partial charge on any atom is -0.309 e. The molecule has 0 N–H and O–H groups in total. The highest BCUT2D eigenvalue weighted by Gasteiger charge is 2.20. The number of para-hydroxylation sites is 3. The number of hydrogen-bond acceptors (Lipinski definition) is 0. The van der Waals surface area contributed by atoms with Crippen molar-refractivity contribution in [2.24, 2.45) is 0 Å². The van der Waals surface area contributed by atoms with E-state index in [4.69, 9.17) is 0 Å². The topological polar surface area (TPSA) is 4.93 Å². The Balaban J connectivity index is 1.53. The SMILES string of the molecule is c1ccc(-n2c3ccccc3c3ccccc32)c(-c2c3ccccc3cc3c4ccccc4c4ccccc4c23)c1. The van der Waals surface area contributed by atoms with Crippen molar-refractivity contribution in [3.05, 3.63) is 152 Å². The molecule has 9 rings (SSSR count). The van der Waals surface area contributed by atoms with Crippen LogP contribution in [0.15, 0.2) is 152 Å². The maximum Gasteiger partial charge on any atom is 0.0541 e. The van der Waals surface area contributed by atoms with E-state index in [1.165, 1.54) is 81.7 Å². The molecular formula is C40H25N. The summed E-state index contributed by atoms with van der Waals surface area (Å²) in [7, 11) is 0. The molecule has 0 unspecified atom stereocenters. The molecule has 0 fully saturated rings. The van der Waals surface area contributed by atoms with Crippen molar-refractivity contribution in [1.29, 1.82) is 0 Å². The first kappa shape index (κ1) is 22.4. The molecule has 41 heavy (non-hydrogen) atoms. The smallest absolute Gasteiger partial charge is 0.0541 e. The second-order valence-corrected chi connectivity index (χ2v) is 10.9. The van der Waals surface area contributed by atoms with E-state index in [2.05, 4.69) is 156 Å². The van der Waals surface area contributed by atoms with E-state index in [1.807, 2.05) is 0 Å². The summed E-state index contributed by atoms with van der Waals surface area (Å²) in [6.45, 7) is 0. The van der Waals surface area contributed by atoms with Gasteiger partial charge in [0.2, 0.25) is 0 Å². The number of nitrogens with zero attached hydrogens (tertiary/aromatic N) is 1. The lowest BCUT2D eigenvalue weighted by Crippen LogP contribution is -1.98. The van der Waals surface area contributed by atoms with Crippen LogP contribution in [0.25, 0.3) is 81.7 Å². The highest BCUT2D eigenvalue weighted by molar-refractivity contribution is 6.32. The van der Waals surface area contributed by atoms with Crippen LogP contribution in [0.5, 0.6) is 0 Å². The second-order valence-electron chi connectivity index (χ2n) is 10.9. The van der Waals surface area contributed by atoms with Gasteiger partial charge in [0, 0.05) is 21.9 Å². The first-order valence-electron chi connectivity index (χ1n) is 14.2. The van der Waals surface area contributed by atoms with Gasteiger partial charge in [-0.05, 0) is 67.4 Å². The Morgan fingerprint density at radius 2 is 0.805 bits per heavy atom. The van der Waals surface area contributed by atoms with Gasteiger partial charge in [0.25, 0.3) is 0 Å². The fourth-order valence-corrected chi connectivity index (χ4v) is 7.07. The van der Waals surface area contributed by atoms with Crippen LogP contribution in [-0.4, -0.2) is 4.57 Å². The summed E-state index contributed by atoms with van der Waals surface area (Å²) >= 11 is 0. The number of aromatic nitrogens is 1. The first-order chi connectivity index (χ1) is 20.4. The lowest BCUT2D eigenvalue weighted by molar-refractivity contribution is 1.18. The average molecular weight is 520 g/mol. The van der Waals surface area contributed by atoms with Gasteiger partial charge in [-0.1, -0.05) is 127 Å². The summed E-state index contributed by atoms with van der Waals surface area (Å²) in [5.41, 5.74) is 6.17. The van der Waals surface area contributed by atoms with Gasteiger partial charge < -0.3 is 4.57 Å². The molecule has 1 heteroatoms. The Bertz CT molecular complexity index is 2420. The summed E-state index contributed by atoms with van der Waals surface area (Å²) in [5, 5.41) is 12.9. The zero-order chi connectivity index (χ0) is 26.9. The molecule has 0 aliphatic carbocycles. The minimum atomic E-state index is 1.19. The maximum absolute atomic E-state index is 2.46. The molecular weight excluding hydrogens is 494 g/mol. The fraction of sp³-hybridized carbons (Fsp3) is 0. The summed E-state index contributed by atoms with van der Waals surface area (Å²) in [5.74, 6) is 0. The molecule has 0 aliphatic rings. The van der Waals surface area contributed by atoms with Crippen molar-refractivity contribution in [3.63, 3.8) is 0 Å². The van der Waals surface area contributed by atoms with Crippen molar-refractivity contribution in [2.75, 3.05) is 0 Å². The Morgan fingerprint density at radius 1 is 0.341 bits per heavy atom. The third-order valence-electron chi connectivity index (χ3n) is 8.75. The van der Waals surface area contributed by atoms with Crippen molar-refractivity contribution in [3.8, 4) is 16.8 Å². The summed E-state index contributed by atoms with van der Waals surface area (Å²) in [6, 6.07) is 55.5. The van der Waals surface area contributed by atoms with Crippen molar-refractivity contribution >= 4 is 64.9 Å². The number of rotatable bonds is 2. The standard InChI is InChI=1S/C40H25N/c1-2-14-27-26(13-1)25-35-30-17-4-3-15-28(30)29-16-5-6-20-33(29)40(35)39(27)34-21-9-12-24-38(34)41-36-22-10-7-18-31(36)32-19-8-11-23-37(32)41/h1-25H. The summed E-state index contributed by atoms with van der Waals surface area (Å²) < 4.78 is 2.46. The van der Waals surface area contributed by atoms with E-state index < -0.39 is 0 Å². The molecule has 1 nitrogen and oxygen atoms in total. The van der Waals surface area contributed by atoms with E-state index in [0.29, 0.717) is 0 Å². The van der Waals surface area contributed by atoms with Gasteiger partial charge in [-0.15, -0.1) is 0 Å². The zero-order valence-electron chi connectivity index (χ0n) is 22.4. The van der Waals surface area contributed by atoms with E-state index in [-0.39, 0.29) is 0 Å². The normalized spacial score (nSPS) is 11.9. The third kappa shape index (κ3) is 3.12. The monoisotopic (exact) mass is 519 g/mol. The molecule has 0 aliphatic heterocycles. The quantitative estimate of drug-likeness (QED) is 0.158. The van der Waals surface area contributed by atoms with Crippen molar-refractivity contribution in [2.45, 2.75) is 0 Å². The number of fused-ring (bicyclic) bond motifs is 10. The second kappa shape index (κ2) is 8.55. The Kier molecular flexibility index (Phi) is 4.67. The van der Waals surface area contributed by atoms with Gasteiger partial charge in [-0.3, -0.25) is 0 Å². The van der Waals surface area contributed by atoms with Crippen LogP contribution in [0, 0.1) is 0 Å². The molecule has 0 saturated heterocycles. The largest absolute Gasteiger partial charge is 0.309 e. The lowest BCUT2D eigenvalue weighted by Gasteiger charge is -2.20. The van der Waals surface area contributed by atoms with E-state index in [0.717, 1.165) is 0 Å². The van der Waals surface area contributed by atoms with Gasteiger partial charge in [0.05, 0.1) is 16.7 Å². The van der Waals surface area contributed by atoms with Crippen LogP contribution in [0.4, 0.5) is 0 Å². The fourth-order valence-electron chi connectivity index (χ4n) is 7.07. The van der Waals surface area contributed by atoms with Crippen LogP contribution in [0.1, 0.15) is 0 Å². The van der Waals surface area contributed by atoms with Gasteiger partial charge in [0.1, 0.15) is 0 Å². The first-order valence-corrected chi connectivity index (χ1v) is 14.2. The lowest BCUT2D eigenvalue weighted by atomic mass is 9.86. The van der Waals surface area contributed by atoms with Crippen LogP contribution < -0.4 is 0 Å². The zero-order valence-corrected chi connectivity index (χ0v) is 22.4. The summed E-state index contributed by atoms with van der Waals surface area (Å²) in [6.07, 6.45) is 0. The number of hydrogen-bond donors (Lipinski definition) is 0. The summed E-state index contributed by atoms with van der Waals surface area (Å²) in [4.78, 5) is 0. The minimum absolute atomic E-state index is 1.19. The maximum atomic E-state index is 2.46. The van der Waals surface area contributed by atoms with Crippen LogP contribution in [-0.2, 0) is 0 Å². The molecule has 0 spiro atoms. The highest BCUT2D eigenvalue weighted by atomic mass is 15.0. The molecule has 8 aromatic carbocycles. The van der Waals surface area contributed by atoms with Crippen LogP contribution >= 0.6 is 0 Å². The third-order valence-corrected chi connectivity index (χ3v) is 8.75. The predicted molar refractivity (Wildman–Crippen MR) is 176 cm³/mol. The molecule has 0 amide bonds. The molecule has 0 radical (unpaired) electrons. The van der Waals surface area contributed by atoms with Gasteiger partial charge in [-0.2, -0.15) is 0 Å². The van der Waals surface area contributed by atoms with E-state index >= 15 is 0 Å². The molecule has 0 bridgehead atoms. The molecule has 190 valence electrons. The molecule has 1 heterocycles. The van der Waals surface area contributed by atoms with Crippen molar-refractivity contribution in [1.82, 2.24) is 4.57 Å². The molecule has 1 aromatic heterocycles. The Hall–Kier alpha value is -5.40. The van der Waals surface area contributed by atoms with Gasteiger partial charge >= 0.3 is 0 Å². The van der Waals surface area contributed by atoms with Gasteiger partial charge in [-0.25, -0.2) is 0 Å². The van der Waals surface area contributed by atoms with Gasteiger partial charge in [0.15, 0.2) is 0 Å². The molecule has 0 saturated carbocycles. The Morgan fingerprint density at radius 3 is 1.49 bits per heavy atom.